The van der Waals surface area contributed by atoms with Gasteiger partial charge in [0.15, 0.2) is 0 Å². The largest absolute Gasteiger partial charge is 0.496 e. The van der Waals surface area contributed by atoms with Gasteiger partial charge in [-0.25, -0.2) is 0 Å². The van der Waals surface area contributed by atoms with Crippen LogP contribution >= 0.6 is 11.3 Å². The summed E-state index contributed by atoms with van der Waals surface area (Å²) in [5, 5.41) is 15.0. The van der Waals surface area contributed by atoms with Crippen molar-refractivity contribution in [2.75, 3.05) is 7.11 Å². The SMILES string of the molecule is COc1ccccc1C(=O)NC(c1cccs1)C1CCC(O)CC1. The minimum atomic E-state index is -0.199. The zero-order chi connectivity index (χ0) is 16.9. The number of aliphatic hydroxyl groups is 1. The smallest absolute Gasteiger partial charge is 0.255 e. The summed E-state index contributed by atoms with van der Waals surface area (Å²) in [6.07, 6.45) is 3.26. The lowest BCUT2D eigenvalue weighted by molar-refractivity contribution is 0.0832. The zero-order valence-electron chi connectivity index (χ0n) is 13.8. The number of carbonyl (C=O) groups excluding carboxylic acids is 1. The van der Waals surface area contributed by atoms with E-state index in [0.717, 1.165) is 25.7 Å². The van der Waals surface area contributed by atoms with E-state index in [9.17, 15) is 9.90 Å². The van der Waals surface area contributed by atoms with E-state index in [-0.39, 0.29) is 18.1 Å². The number of hydrogen-bond acceptors (Lipinski definition) is 4. The van der Waals surface area contributed by atoms with E-state index in [1.807, 2.05) is 23.6 Å². The van der Waals surface area contributed by atoms with E-state index in [1.54, 1.807) is 30.6 Å². The van der Waals surface area contributed by atoms with Crippen molar-refractivity contribution in [3.05, 3.63) is 52.2 Å². The van der Waals surface area contributed by atoms with Crippen LogP contribution in [0.3, 0.4) is 0 Å². The number of nitrogens with one attached hydrogen (secondary N) is 1. The monoisotopic (exact) mass is 345 g/mol. The Morgan fingerprint density at radius 1 is 1.21 bits per heavy atom. The summed E-state index contributed by atoms with van der Waals surface area (Å²) >= 11 is 1.66. The average molecular weight is 345 g/mol. The van der Waals surface area contributed by atoms with Crippen molar-refractivity contribution in [2.45, 2.75) is 37.8 Å². The normalized spacial score (nSPS) is 21.9. The van der Waals surface area contributed by atoms with Crippen LogP contribution in [0.1, 0.15) is 47.0 Å². The average Bonchev–Trinajstić information content (AvgIpc) is 3.14. The predicted octanol–water partition coefficient (Wildman–Crippen LogP) is 3.78. The number of benzene rings is 1. The molecule has 3 rings (SSSR count). The Kier molecular flexibility index (Phi) is 5.53. The van der Waals surface area contributed by atoms with Gasteiger partial charge in [-0.15, -0.1) is 11.3 Å². The summed E-state index contributed by atoms with van der Waals surface area (Å²) in [6, 6.07) is 11.3. The van der Waals surface area contributed by atoms with Crippen molar-refractivity contribution in [2.24, 2.45) is 5.92 Å². The predicted molar refractivity (Wildman–Crippen MR) is 95.5 cm³/mol. The molecule has 2 aromatic rings. The number of methoxy groups -OCH3 is 1. The molecule has 4 nitrogen and oxygen atoms in total. The number of para-hydroxylation sites is 1. The second kappa shape index (κ2) is 7.81. The van der Waals surface area contributed by atoms with Gasteiger partial charge >= 0.3 is 0 Å². The fourth-order valence-corrected chi connectivity index (χ4v) is 4.25. The van der Waals surface area contributed by atoms with Crippen LogP contribution in [0.25, 0.3) is 0 Å². The van der Waals surface area contributed by atoms with Gasteiger partial charge in [-0.1, -0.05) is 18.2 Å². The minimum Gasteiger partial charge on any atom is -0.496 e. The first-order valence-electron chi connectivity index (χ1n) is 8.34. The molecule has 24 heavy (non-hydrogen) atoms. The highest BCUT2D eigenvalue weighted by atomic mass is 32.1. The molecule has 0 saturated heterocycles. The minimum absolute atomic E-state index is 0.0186. The number of hydrogen-bond donors (Lipinski definition) is 2. The molecule has 1 aromatic carbocycles. The Morgan fingerprint density at radius 2 is 1.96 bits per heavy atom. The summed E-state index contributed by atoms with van der Waals surface area (Å²) in [6.45, 7) is 0. The lowest BCUT2D eigenvalue weighted by atomic mass is 9.82. The summed E-state index contributed by atoms with van der Waals surface area (Å²) in [4.78, 5) is 14.0. The summed E-state index contributed by atoms with van der Waals surface area (Å²) in [7, 11) is 1.57. The van der Waals surface area contributed by atoms with Crippen molar-refractivity contribution in [3.8, 4) is 5.75 Å². The van der Waals surface area contributed by atoms with E-state index in [4.69, 9.17) is 4.74 Å². The van der Waals surface area contributed by atoms with Crippen LogP contribution in [-0.2, 0) is 0 Å². The van der Waals surface area contributed by atoms with Crippen molar-refractivity contribution in [1.29, 1.82) is 0 Å². The zero-order valence-corrected chi connectivity index (χ0v) is 14.6. The van der Waals surface area contributed by atoms with Crippen LogP contribution in [-0.4, -0.2) is 24.2 Å². The highest BCUT2D eigenvalue weighted by Crippen LogP contribution is 2.36. The first-order valence-corrected chi connectivity index (χ1v) is 9.22. The van der Waals surface area contributed by atoms with Gasteiger partial charge in [0.1, 0.15) is 5.75 Å². The van der Waals surface area contributed by atoms with Crippen molar-refractivity contribution in [1.82, 2.24) is 5.32 Å². The third kappa shape index (κ3) is 3.79. The number of amides is 1. The molecule has 5 heteroatoms. The van der Waals surface area contributed by atoms with Gasteiger partial charge in [-0.05, 0) is 55.2 Å². The van der Waals surface area contributed by atoms with Crippen LogP contribution in [0.4, 0.5) is 0 Å². The van der Waals surface area contributed by atoms with Gasteiger partial charge in [0.05, 0.1) is 24.8 Å². The molecule has 1 amide bonds. The van der Waals surface area contributed by atoms with Gasteiger partial charge in [0.2, 0.25) is 0 Å². The van der Waals surface area contributed by atoms with Crippen LogP contribution in [0, 0.1) is 5.92 Å². The van der Waals surface area contributed by atoms with E-state index < -0.39 is 0 Å². The van der Waals surface area contributed by atoms with Gasteiger partial charge in [0, 0.05) is 4.88 Å². The summed E-state index contributed by atoms with van der Waals surface area (Å²) < 4.78 is 5.31. The molecule has 2 N–H and O–H groups in total. The number of carbonyl (C=O) groups is 1. The Hall–Kier alpha value is -1.85. The number of rotatable bonds is 5. The molecule has 1 atom stereocenters. The van der Waals surface area contributed by atoms with Gasteiger partial charge in [0.25, 0.3) is 5.91 Å². The first kappa shape index (κ1) is 17.0. The highest BCUT2D eigenvalue weighted by molar-refractivity contribution is 7.10. The number of ether oxygens (including phenoxy) is 1. The maximum Gasteiger partial charge on any atom is 0.255 e. The molecule has 1 fully saturated rings. The topological polar surface area (TPSA) is 58.6 Å². The summed E-state index contributed by atoms with van der Waals surface area (Å²) in [5.41, 5.74) is 0.553. The summed E-state index contributed by atoms with van der Waals surface area (Å²) in [5.74, 6) is 0.821. The van der Waals surface area contributed by atoms with Crippen LogP contribution in [0.2, 0.25) is 0 Å². The standard InChI is InChI=1S/C19H23NO3S/c1-23-16-6-3-2-5-15(16)19(22)20-18(17-7-4-12-24-17)13-8-10-14(21)11-9-13/h2-7,12-14,18,21H,8-11H2,1H3,(H,20,22). The van der Waals surface area contributed by atoms with Crippen molar-refractivity contribution in [3.63, 3.8) is 0 Å². The van der Waals surface area contributed by atoms with Crippen LogP contribution < -0.4 is 10.1 Å². The molecule has 0 aliphatic heterocycles. The van der Waals surface area contributed by atoms with E-state index >= 15 is 0 Å². The molecule has 1 heterocycles. The number of thiophene rings is 1. The van der Waals surface area contributed by atoms with E-state index in [0.29, 0.717) is 17.2 Å². The quantitative estimate of drug-likeness (QED) is 0.867. The maximum absolute atomic E-state index is 12.8. The van der Waals surface area contributed by atoms with Crippen LogP contribution in [0.15, 0.2) is 41.8 Å². The molecular formula is C19H23NO3S. The third-order valence-electron chi connectivity index (χ3n) is 4.70. The molecule has 1 aliphatic carbocycles. The molecule has 0 radical (unpaired) electrons. The van der Waals surface area contributed by atoms with Crippen molar-refractivity contribution < 1.29 is 14.6 Å². The first-order chi connectivity index (χ1) is 11.7. The Bertz CT molecular complexity index is 663. The second-order valence-corrected chi connectivity index (χ2v) is 7.21. The highest BCUT2D eigenvalue weighted by Gasteiger charge is 2.30. The third-order valence-corrected chi connectivity index (χ3v) is 5.66. The van der Waals surface area contributed by atoms with E-state index in [1.165, 1.54) is 4.88 Å². The fourth-order valence-electron chi connectivity index (χ4n) is 3.38. The van der Waals surface area contributed by atoms with E-state index in [2.05, 4.69) is 11.4 Å². The van der Waals surface area contributed by atoms with Crippen LogP contribution in [0.5, 0.6) is 5.75 Å². The Morgan fingerprint density at radius 3 is 2.62 bits per heavy atom. The van der Waals surface area contributed by atoms with Gasteiger partial charge in [-0.2, -0.15) is 0 Å². The number of aliphatic hydroxyl groups excluding tert-OH is 1. The lowest BCUT2D eigenvalue weighted by Gasteiger charge is -2.32. The maximum atomic E-state index is 12.8. The molecule has 0 bridgehead atoms. The molecule has 1 aliphatic rings. The molecule has 0 spiro atoms. The van der Waals surface area contributed by atoms with Gasteiger partial charge < -0.3 is 15.2 Å². The van der Waals surface area contributed by atoms with Crippen molar-refractivity contribution >= 4 is 17.2 Å². The second-order valence-electron chi connectivity index (χ2n) is 6.24. The fraction of sp³-hybridized carbons (Fsp3) is 0.421. The lowest BCUT2D eigenvalue weighted by Crippen LogP contribution is -2.35. The Balaban J connectivity index is 1.80. The molecule has 1 unspecified atom stereocenters. The molecule has 1 aromatic heterocycles. The van der Waals surface area contributed by atoms with Gasteiger partial charge in [-0.3, -0.25) is 4.79 Å². The Labute approximate surface area is 146 Å². The molecule has 1 saturated carbocycles. The molecule has 128 valence electrons. The molecular weight excluding hydrogens is 322 g/mol.